The summed E-state index contributed by atoms with van der Waals surface area (Å²) in [5.74, 6) is -2.01. The molecule has 0 aromatic heterocycles. The highest BCUT2D eigenvalue weighted by molar-refractivity contribution is 6.32. The zero-order valence-corrected chi connectivity index (χ0v) is 17.7. The van der Waals surface area contributed by atoms with Gasteiger partial charge in [-0.05, 0) is 30.3 Å². The number of hydrogen-bond donors (Lipinski definition) is 0. The van der Waals surface area contributed by atoms with E-state index in [1.54, 1.807) is 36.4 Å². The molecule has 0 bridgehead atoms. The quantitative estimate of drug-likeness (QED) is 0.636. The third kappa shape index (κ3) is 5.46. The third-order valence-corrected chi connectivity index (χ3v) is 4.73. The van der Waals surface area contributed by atoms with Crippen molar-refractivity contribution in [1.29, 1.82) is 0 Å². The van der Waals surface area contributed by atoms with Gasteiger partial charge >= 0.3 is 11.9 Å². The van der Waals surface area contributed by atoms with Crippen LogP contribution in [0, 0.1) is 5.82 Å². The number of aliphatic imine (C=N–C) groups is 1. The van der Waals surface area contributed by atoms with Crippen LogP contribution >= 0.6 is 11.6 Å². The lowest BCUT2D eigenvalue weighted by Gasteiger charge is -2.27. The summed E-state index contributed by atoms with van der Waals surface area (Å²) >= 11 is 6.19. The molecule has 31 heavy (non-hydrogen) atoms. The Bertz CT molecular complexity index is 1060. The molecule has 1 amide bonds. The molecule has 1 heterocycles. The number of carbonyl (C=O) groups excluding carboxylic acids is 3. The molecular formula is C22H20ClFN2O5. The van der Waals surface area contributed by atoms with Crippen LogP contribution in [0.4, 0.5) is 10.1 Å². The summed E-state index contributed by atoms with van der Waals surface area (Å²) in [4.78, 5) is 41.4. The molecule has 0 N–H and O–H groups in total. The van der Waals surface area contributed by atoms with Crippen molar-refractivity contribution < 1.29 is 28.2 Å². The molecule has 2 aromatic carbocycles. The third-order valence-electron chi connectivity index (χ3n) is 4.50. The fourth-order valence-corrected chi connectivity index (χ4v) is 3.41. The van der Waals surface area contributed by atoms with Crippen molar-refractivity contribution in [1.82, 2.24) is 0 Å². The fourth-order valence-electron chi connectivity index (χ4n) is 3.24. The van der Waals surface area contributed by atoms with Crippen molar-refractivity contribution in [2.45, 2.75) is 20.0 Å². The van der Waals surface area contributed by atoms with Crippen LogP contribution in [0.1, 0.15) is 25.0 Å². The van der Waals surface area contributed by atoms with Gasteiger partial charge in [0, 0.05) is 30.0 Å². The smallest absolute Gasteiger partial charge is 0.303 e. The molecule has 0 saturated heterocycles. The molecule has 0 radical (unpaired) electrons. The molecule has 1 atom stereocenters. The number of rotatable bonds is 6. The predicted octanol–water partition coefficient (Wildman–Crippen LogP) is 3.16. The Kier molecular flexibility index (Phi) is 7.02. The minimum Gasteiger partial charge on any atom is -0.462 e. The average Bonchev–Trinajstić information content (AvgIpc) is 2.83. The highest BCUT2D eigenvalue weighted by atomic mass is 35.5. The van der Waals surface area contributed by atoms with E-state index in [2.05, 4.69) is 4.99 Å². The molecule has 1 unspecified atom stereocenters. The number of fused-ring (bicyclic) bond motifs is 1. The number of hydrogen-bond acceptors (Lipinski definition) is 6. The topological polar surface area (TPSA) is 85.3 Å². The number of halogens is 2. The Morgan fingerprint density at radius 3 is 2.58 bits per heavy atom. The van der Waals surface area contributed by atoms with Crippen molar-refractivity contribution >= 4 is 40.8 Å². The minimum absolute atomic E-state index is 0.0829. The molecule has 1 aliphatic rings. The summed E-state index contributed by atoms with van der Waals surface area (Å²) in [6, 6.07) is 10.9. The van der Waals surface area contributed by atoms with E-state index in [4.69, 9.17) is 21.1 Å². The molecule has 2 aromatic rings. The van der Waals surface area contributed by atoms with E-state index in [1.165, 1.54) is 24.8 Å². The summed E-state index contributed by atoms with van der Waals surface area (Å²) in [6.45, 7) is 1.89. The molecule has 3 rings (SSSR count). The van der Waals surface area contributed by atoms with Gasteiger partial charge in [0.05, 0.1) is 17.9 Å². The van der Waals surface area contributed by atoms with Crippen molar-refractivity contribution in [3.05, 3.63) is 64.4 Å². The Morgan fingerprint density at radius 2 is 1.90 bits per heavy atom. The van der Waals surface area contributed by atoms with E-state index in [9.17, 15) is 18.8 Å². The van der Waals surface area contributed by atoms with Crippen LogP contribution in [0.15, 0.2) is 47.5 Å². The molecule has 162 valence electrons. The summed E-state index contributed by atoms with van der Waals surface area (Å²) in [6.07, 6.45) is -0.899. The molecule has 0 saturated carbocycles. The zero-order chi connectivity index (χ0) is 22.5. The fraction of sp³-hybridized carbons (Fsp3) is 0.273. The number of nitrogens with zero attached hydrogens (tertiary/aromatic N) is 2. The summed E-state index contributed by atoms with van der Waals surface area (Å²) in [5, 5.41) is 0.383. The van der Waals surface area contributed by atoms with E-state index in [0.717, 1.165) is 0 Å². The first-order chi connectivity index (χ1) is 14.8. The Morgan fingerprint density at radius 1 is 1.16 bits per heavy atom. The average molecular weight is 447 g/mol. The van der Waals surface area contributed by atoms with Gasteiger partial charge in [0.1, 0.15) is 19.0 Å². The van der Waals surface area contributed by atoms with Crippen LogP contribution in [-0.4, -0.2) is 49.4 Å². The maximum absolute atomic E-state index is 14.5. The van der Waals surface area contributed by atoms with E-state index in [1.807, 2.05) is 0 Å². The van der Waals surface area contributed by atoms with Crippen molar-refractivity contribution in [2.24, 2.45) is 4.99 Å². The summed E-state index contributed by atoms with van der Waals surface area (Å²) in [5.41, 5.74) is 1.40. The van der Waals surface area contributed by atoms with Gasteiger partial charge in [-0.3, -0.25) is 19.4 Å². The van der Waals surface area contributed by atoms with Gasteiger partial charge in [-0.2, -0.15) is 0 Å². The van der Waals surface area contributed by atoms with Crippen molar-refractivity contribution in [3.63, 3.8) is 0 Å². The normalized spacial score (nSPS) is 14.3. The van der Waals surface area contributed by atoms with E-state index < -0.39 is 29.8 Å². The lowest BCUT2D eigenvalue weighted by Crippen LogP contribution is -2.42. The first-order valence-corrected chi connectivity index (χ1v) is 9.84. The minimum atomic E-state index is -0.899. The van der Waals surface area contributed by atoms with Crippen LogP contribution in [0.25, 0.3) is 0 Å². The molecular weight excluding hydrogens is 427 g/mol. The Labute approximate surface area is 183 Å². The van der Waals surface area contributed by atoms with E-state index in [0.29, 0.717) is 16.3 Å². The van der Waals surface area contributed by atoms with Gasteiger partial charge in [0.2, 0.25) is 5.91 Å². The summed E-state index contributed by atoms with van der Waals surface area (Å²) < 4.78 is 24.7. The van der Waals surface area contributed by atoms with Crippen LogP contribution < -0.4 is 4.90 Å². The number of ether oxygens (including phenoxy) is 2. The Hall–Kier alpha value is -3.26. The largest absolute Gasteiger partial charge is 0.462 e. The van der Waals surface area contributed by atoms with E-state index in [-0.39, 0.29) is 31.0 Å². The van der Waals surface area contributed by atoms with Crippen molar-refractivity contribution in [2.75, 3.05) is 24.6 Å². The second kappa shape index (κ2) is 9.70. The molecule has 7 nitrogen and oxygen atoms in total. The van der Waals surface area contributed by atoms with Gasteiger partial charge in [-0.25, -0.2) is 4.39 Å². The monoisotopic (exact) mass is 446 g/mol. The van der Waals surface area contributed by atoms with Crippen LogP contribution in [0.5, 0.6) is 0 Å². The summed E-state index contributed by atoms with van der Waals surface area (Å²) in [7, 11) is 0. The second-order valence-electron chi connectivity index (χ2n) is 6.84. The van der Waals surface area contributed by atoms with Gasteiger partial charge in [0.25, 0.3) is 0 Å². The van der Waals surface area contributed by atoms with E-state index >= 15 is 0 Å². The van der Waals surface area contributed by atoms with Crippen LogP contribution in [-0.2, 0) is 23.9 Å². The van der Waals surface area contributed by atoms with Gasteiger partial charge < -0.3 is 14.4 Å². The van der Waals surface area contributed by atoms with Gasteiger partial charge in [0.15, 0.2) is 6.10 Å². The van der Waals surface area contributed by atoms with Gasteiger partial charge in [-0.1, -0.05) is 23.7 Å². The number of anilines is 1. The lowest BCUT2D eigenvalue weighted by molar-refractivity contribution is -0.155. The SMILES string of the molecule is CC(=O)OCC(CN1C(=O)CN=C(c2ccccc2F)c2cc(Cl)ccc21)OC(C)=O. The first-order valence-electron chi connectivity index (χ1n) is 9.46. The standard InChI is InChI=1S/C22H20ClFN2O5/c1-13(27)30-12-16(31-14(2)28)11-26-20-8-7-15(23)9-18(20)22(25-10-21(26)29)17-5-3-4-6-19(17)24/h3-9,16H,10-12H2,1-2H3. The molecule has 0 fully saturated rings. The number of carbonyl (C=O) groups is 3. The van der Waals surface area contributed by atoms with Gasteiger partial charge in [-0.15, -0.1) is 0 Å². The number of amides is 1. The zero-order valence-electron chi connectivity index (χ0n) is 16.9. The molecule has 0 spiro atoms. The second-order valence-corrected chi connectivity index (χ2v) is 7.28. The lowest BCUT2D eigenvalue weighted by atomic mass is 9.99. The number of esters is 2. The molecule has 0 aliphatic carbocycles. The predicted molar refractivity (Wildman–Crippen MR) is 113 cm³/mol. The van der Waals surface area contributed by atoms with Crippen molar-refractivity contribution in [3.8, 4) is 0 Å². The van der Waals surface area contributed by atoms with Crippen LogP contribution in [0.3, 0.4) is 0 Å². The maximum atomic E-state index is 14.5. The maximum Gasteiger partial charge on any atom is 0.303 e. The molecule has 9 heteroatoms. The van der Waals surface area contributed by atoms with Crippen LogP contribution in [0.2, 0.25) is 5.02 Å². The first kappa shape index (κ1) is 22.4. The highest BCUT2D eigenvalue weighted by Crippen LogP contribution is 2.30. The number of benzodiazepines with no additional fused rings is 1. The number of benzene rings is 2. The highest BCUT2D eigenvalue weighted by Gasteiger charge is 2.29. The Balaban J connectivity index is 2.03. The molecule has 1 aliphatic heterocycles.